The second-order valence-electron chi connectivity index (χ2n) is 9.45. The van der Waals surface area contributed by atoms with Crippen molar-refractivity contribution in [2.45, 2.75) is 69.2 Å². The van der Waals surface area contributed by atoms with E-state index in [4.69, 9.17) is 20.0 Å². The summed E-state index contributed by atoms with van der Waals surface area (Å²) in [6, 6.07) is 0. The van der Waals surface area contributed by atoms with Crippen LogP contribution in [0.4, 0.5) is 0 Å². The van der Waals surface area contributed by atoms with Gasteiger partial charge in [0.1, 0.15) is 0 Å². The summed E-state index contributed by atoms with van der Waals surface area (Å²) in [4.78, 5) is 12.8. The van der Waals surface area contributed by atoms with E-state index in [1.54, 1.807) is 12.1 Å². The van der Waals surface area contributed by atoms with Crippen LogP contribution in [-0.2, 0) is 14.3 Å². The zero-order valence-corrected chi connectivity index (χ0v) is 19.7. The molecule has 1 aliphatic heterocycles. The standard InChI is InChI=1S/C18H23O3.C3H4NO.U/c19-17(14-5-12-4-13(14)16-15(12)20-16)21-18-6-9-1-10(7-18)3-11(2-9)8-18;1-3(5)2-4;/h9-10,12-16H,1-8H2;4-5H,1H2;/q2*-1;+2. The van der Waals surface area contributed by atoms with E-state index < -0.39 is 0 Å². The summed E-state index contributed by atoms with van der Waals surface area (Å²) in [5, 5.41) is 13.9. The number of rotatable bonds is 3. The molecule has 7 fully saturated rings. The van der Waals surface area contributed by atoms with Crippen molar-refractivity contribution in [3.63, 3.8) is 0 Å². The number of epoxide rings is 1. The first-order valence-electron chi connectivity index (χ1n) is 9.99. The van der Waals surface area contributed by atoms with Crippen LogP contribution in [0.3, 0.4) is 0 Å². The van der Waals surface area contributed by atoms with E-state index in [0.29, 0.717) is 24.0 Å². The minimum absolute atomic E-state index is 0. The van der Waals surface area contributed by atoms with E-state index in [1.165, 1.54) is 25.7 Å². The Labute approximate surface area is 184 Å². The number of allylic oxidation sites excluding steroid dienone is 1. The molecule has 0 aromatic carbocycles. The van der Waals surface area contributed by atoms with Crippen molar-refractivity contribution in [2.75, 3.05) is 0 Å². The van der Waals surface area contributed by atoms with Gasteiger partial charge in [-0.1, -0.05) is 18.3 Å². The zero-order valence-electron chi connectivity index (χ0n) is 15.6. The molecule has 6 saturated carbocycles. The van der Waals surface area contributed by atoms with Gasteiger partial charge in [0.2, 0.25) is 0 Å². The number of fused-ring (bicyclic) bond motifs is 5. The maximum atomic E-state index is 12.8. The van der Waals surface area contributed by atoms with E-state index >= 15 is 0 Å². The van der Waals surface area contributed by atoms with Crippen LogP contribution in [0.25, 0.3) is 0 Å². The van der Waals surface area contributed by atoms with Gasteiger partial charge in [-0.2, -0.15) is 12.8 Å². The number of nitrogens with one attached hydrogen (secondary N) is 1. The van der Waals surface area contributed by atoms with Gasteiger partial charge in [0.05, 0.1) is 23.7 Å². The fourth-order valence-electron chi connectivity index (χ4n) is 7.01. The van der Waals surface area contributed by atoms with Crippen LogP contribution in [-0.4, -0.2) is 35.1 Å². The molecule has 1 heterocycles. The monoisotopic (exact) mass is 595 g/mol. The molecule has 6 bridgehead atoms. The molecule has 0 aromatic rings. The second-order valence-corrected chi connectivity index (χ2v) is 9.45. The van der Waals surface area contributed by atoms with Gasteiger partial charge < -0.3 is 25.9 Å². The molecule has 0 amide bonds. The topological polar surface area (TPSA) is 82.9 Å². The Morgan fingerprint density at radius 2 is 1.89 bits per heavy atom. The van der Waals surface area contributed by atoms with E-state index in [1.807, 2.05) is 0 Å². The van der Waals surface area contributed by atoms with E-state index in [2.05, 4.69) is 6.58 Å². The summed E-state index contributed by atoms with van der Waals surface area (Å²) in [6.45, 7) is 2.93. The fourth-order valence-corrected chi connectivity index (χ4v) is 7.01. The van der Waals surface area contributed by atoms with Crippen LogP contribution in [0.1, 0.15) is 51.4 Å². The van der Waals surface area contributed by atoms with Gasteiger partial charge in [0.15, 0.2) is 0 Å². The van der Waals surface area contributed by atoms with Gasteiger partial charge in [-0.15, -0.1) is 12.6 Å². The third-order valence-electron chi connectivity index (χ3n) is 7.58. The van der Waals surface area contributed by atoms with Crippen molar-refractivity contribution in [3.8, 4) is 0 Å². The average Bonchev–Trinajstić information content (AvgIpc) is 3.17. The van der Waals surface area contributed by atoms with Crippen molar-refractivity contribution in [3.05, 3.63) is 18.3 Å². The molecule has 144 valence electrons. The van der Waals surface area contributed by atoms with Crippen LogP contribution < -0.4 is 0 Å². The number of hydrogen-bond donors (Lipinski definition) is 2. The molecule has 6 aliphatic carbocycles. The third kappa shape index (κ3) is 3.55. The van der Waals surface area contributed by atoms with Crippen molar-refractivity contribution < 1.29 is 50.5 Å². The predicted molar refractivity (Wildman–Crippen MR) is 94.6 cm³/mol. The van der Waals surface area contributed by atoms with Gasteiger partial charge in [0, 0.05) is 5.92 Å². The largest absolute Gasteiger partial charge is 2.00 e. The van der Waals surface area contributed by atoms with Crippen LogP contribution in [0.2, 0.25) is 0 Å². The summed E-state index contributed by atoms with van der Waals surface area (Å²) in [5.41, 5.74) is -0.0951. The summed E-state index contributed by atoms with van der Waals surface area (Å²) < 4.78 is 11.9. The molecular formula is C21H27NO4U. The number of esters is 1. The Morgan fingerprint density at radius 3 is 2.41 bits per heavy atom. The van der Waals surface area contributed by atoms with E-state index in [0.717, 1.165) is 37.5 Å². The Hall–Kier alpha value is -0.308. The number of carbonyl (C=O) groups excluding carboxylic acids is 1. The molecule has 6 heteroatoms. The number of aliphatic hydroxyl groups excluding tert-OH is 1. The predicted octanol–water partition coefficient (Wildman–Crippen LogP) is 3.46. The molecule has 7 atom stereocenters. The third-order valence-corrected chi connectivity index (χ3v) is 7.58. The number of carbonyl (C=O) groups is 1. The average molecular weight is 595 g/mol. The number of ether oxygens (including phenoxy) is 2. The van der Waals surface area contributed by atoms with Crippen molar-refractivity contribution in [1.82, 2.24) is 0 Å². The number of hydrogen-bond acceptors (Lipinski definition) is 5. The zero-order chi connectivity index (χ0) is 18.1. The smallest absolute Gasteiger partial charge is 0.545 e. The Balaban J connectivity index is 0.000000271. The molecule has 2 N–H and O–H groups in total. The normalized spacial score (nSPS) is 47.3. The molecule has 7 rings (SSSR count). The molecule has 0 radical (unpaired) electrons. The summed E-state index contributed by atoms with van der Waals surface area (Å²) in [6.07, 6.45) is 12.2. The Bertz CT molecular complexity index is 615. The first-order chi connectivity index (χ1) is 12.5. The van der Waals surface area contributed by atoms with Gasteiger partial charge in [0.25, 0.3) is 0 Å². The van der Waals surface area contributed by atoms with Gasteiger partial charge in [-0.3, -0.25) is 4.79 Å². The minimum atomic E-state index is -0.329. The maximum absolute atomic E-state index is 12.8. The molecule has 7 unspecified atom stereocenters. The van der Waals surface area contributed by atoms with E-state index in [-0.39, 0.29) is 54.4 Å². The summed E-state index contributed by atoms with van der Waals surface area (Å²) >= 11 is 0. The van der Waals surface area contributed by atoms with Crippen LogP contribution in [0.5, 0.6) is 0 Å². The van der Waals surface area contributed by atoms with E-state index in [9.17, 15) is 4.79 Å². The number of aliphatic hydroxyl groups is 1. The molecule has 7 aliphatic rings. The van der Waals surface area contributed by atoms with Crippen molar-refractivity contribution in [2.24, 2.45) is 29.6 Å². The Kier molecular flexibility index (Phi) is 5.32. The van der Waals surface area contributed by atoms with Crippen LogP contribution >= 0.6 is 0 Å². The molecule has 27 heavy (non-hydrogen) atoms. The van der Waals surface area contributed by atoms with Crippen molar-refractivity contribution >= 4 is 12.2 Å². The second kappa shape index (κ2) is 7.18. The Morgan fingerprint density at radius 1 is 1.22 bits per heavy atom. The maximum Gasteiger partial charge on any atom is 2.00 e. The molecule has 1 saturated heterocycles. The summed E-state index contributed by atoms with van der Waals surface area (Å²) in [5.74, 6) is 4.40. The van der Waals surface area contributed by atoms with Gasteiger partial charge in [-0.25, -0.2) is 6.58 Å². The van der Waals surface area contributed by atoms with Crippen LogP contribution in [0.15, 0.2) is 12.3 Å². The van der Waals surface area contributed by atoms with Crippen molar-refractivity contribution in [1.29, 1.82) is 5.41 Å². The first kappa shape index (κ1) is 20.0. The summed E-state index contributed by atoms with van der Waals surface area (Å²) in [7, 11) is 0. The quantitative estimate of drug-likeness (QED) is 0.172. The first-order valence-corrected chi connectivity index (χ1v) is 9.99. The SMILES string of the molecule is C=C(O)[C-]=N.O=C(OC12C[C-]3CC(CC(C3)C1)C2)C1CC2CC1C1OC21.[U+2]. The minimum Gasteiger partial charge on any atom is -0.545 e. The van der Waals surface area contributed by atoms with Gasteiger partial charge in [-0.05, 0) is 37.4 Å². The molecule has 5 nitrogen and oxygen atoms in total. The van der Waals surface area contributed by atoms with Gasteiger partial charge >= 0.3 is 37.1 Å². The fraction of sp³-hybridized carbons (Fsp3) is 0.762. The molecular weight excluding hydrogens is 568 g/mol. The van der Waals surface area contributed by atoms with Crippen LogP contribution in [0, 0.1) is 72.0 Å². The molecule has 0 spiro atoms. The molecule has 0 aromatic heterocycles.